The lowest BCUT2D eigenvalue weighted by Gasteiger charge is -2.29. The van der Waals surface area contributed by atoms with Crippen molar-refractivity contribution in [3.8, 4) is 0 Å². The molecule has 4 rings (SSSR count). The van der Waals surface area contributed by atoms with Crippen LogP contribution in [0, 0.1) is 5.92 Å². The summed E-state index contributed by atoms with van der Waals surface area (Å²) in [5.74, 6) is -1.29. The quantitative estimate of drug-likeness (QED) is 0.484. The van der Waals surface area contributed by atoms with E-state index in [1.807, 2.05) is 36.4 Å². The van der Waals surface area contributed by atoms with Crippen LogP contribution in [-0.2, 0) is 16.0 Å². The maximum atomic E-state index is 13.1. The van der Waals surface area contributed by atoms with Crippen LogP contribution in [-0.4, -0.2) is 41.7 Å². The van der Waals surface area contributed by atoms with Crippen molar-refractivity contribution in [1.82, 2.24) is 10.3 Å². The minimum atomic E-state index is -0.844. The molecule has 1 heterocycles. The number of aromatic nitrogens is 1. The summed E-state index contributed by atoms with van der Waals surface area (Å²) in [6.07, 6.45) is 1.31. The Balaban J connectivity index is 1.61. The Morgan fingerprint density at radius 3 is 2.84 bits per heavy atom. The minimum absolute atomic E-state index is 0.0274. The van der Waals surface area contributed by atoms with E-state index in [1.165, 1.54) is 0 Å². The molecule has 0 aliphatic heterocycles. The van der Waals surface area contributed by atoms with Crippen LogP contribution < -0.4 is 5.32 Å². The molecule has 162 valence electrons. The number of aromatic amines is 1. The van der Waals surface area contributed by atoms with Crippen molar-refractivity contribution in [2.24, 2.45) is 5.92 Å². The van der Waals surface area contributed by atoms with E-state index in [0.29, 0.717) is 30.2 Å². The molecule has 3 N–H and O–H groups in total. The van der Waals surface area contributed by atoms with Crippen molar-refractivity contribution in [3.63, 3.8) is 0 Å². The predicted octanol–water partition coefficient (Wildman–Crippen LogP) is 4.39. The summed E-state index contributed by atoms with van der Waals surface area (Å²) >= 11 is 6.06. The highest BCUT2D eigenvalue weighted by molar-refractivity contribution is 6.31. The van der Waals surface area contributed by atoms with Gasteiger partial charge in [-0.2, -0.15) is 0 Å². The van der Waals surface area contributed by atoms with Crippen molar-refractivity contribution >= 4 is 34.4 Å². The monoisotopic (exact) mass is 440 g/mol. The predicted molar refractivity (Wildman–Crippen MR) is 120 cm³/mol. The Morgan fingerprint density at radius 2 is 2.06 bits per heavy atom. The fourth-order valence-corrected chi connectivity index (χ4v) is 4.90. The summed E-state index contributed by atoms with van der Waals surface area (Å²) in [5.41, 5.74) is 3.55. The van der Waals surface area contributed by atoms with Gasteiger partial charge in [0.2, 0.25) is 0 Å². The van der Waals surface area contributed by atoms with Gasteiger partial charge >= 0.3 is 5.97 Å². The maximum absolute atomic E-state index is 13.1. The number of carboxylic acid groups (broad SMARTS) is 1. The summed E-state index contributed by atoms with van der Waals surface area (Å²) in [5, 5.41) is 14.1. The van der Waals surface area contributed by atoms with Gasteiger partial charge in [0.1, 0.15) is 5.69 Å². The van der Waals surface area contributed by atoms with Gasteiger partial charge in [0.05, 0.1) is 0 Å². The Hall–Kier alpha value is -2.83. The number of hydrogen-bond acceptors (Lipinski definition) is 3. The molecule has 31 heavy (non-hydrogen) atoms. The van der Waals surface area contributed by atoms with Crippen molar-refractivity contribution in [3.05, 3.63) is 70.4 Å². The van der Waals surface area contributed by atoms with Gasteiger partial charge in [0, 0.05) is 48.0 Å². The smallest absolute Gasteiger partial charge is 0.303 e. The summed E-state index contributed by atoms with van der Waals surface area (Å²) in [4.78, 5) is 27.8. The van der Waals surface area contributed by atoms with E-state index in [9.17, 15) is 14.7 Å². The number of H-pyrrole nitrogens is 1. The van der Waals surface area contributed by atoms with E-state index in [2.05, 4.69) is 10.3 Å². The summed E-state index contributed by atoms with van der Waals surface area (Å²) in [7, 11) is 1.61. The molecule has 1 aromatic heterocycles. The lowest BCUT2D eigenvalue weighted by molar-refractivity contribution is -0.138. The number of carbonyl (C=O) groups is 2. The van der Waals surface area contributed by atoms with E-state index in [4.69, 9.17) is 16.3 Å². The highest BCUT2D eigenvalue weighted by Crippen LogP contribution is 2.41. The van der Waals surface area contributed by atoms with E-state index >= 15 is 0 Å². The average molecular weight is 441 g/mol. The molecule has 3 atom stereocenters. The van der Waals surface area contributed by atoms with Crippen LogP contribution in [0.4, 0.5) is 0 Å². The molecule has 3 aromatic rings. The molecule has 0 saturated carbocycles. The fraction of sp³-hybridized carbons (Fsp3) is 0.333. The van der Waals surface area contributed by atoms with Crippen molar-refractivity contribution in [2.75, 3.05) is 13.7 Å². The first-order valence-corrected chi connectivity index (χ1v) is 10.7. The Morgan fingerprint density at radius 1 is 1.26 bits per heavy atom. The van der Waals surface area contributed by atoms with Gasteiger partial charge < -0.3 is 20.1 Å². The van der Waals surface area contributed by atoms with Crippen LogP contribution in [0.15, 0.2) is 48.5 Å². The Kier molecular flexibility index (Phi) is 6.30. The molecule has 1 amide bonds. The SMILES string of the molecule is COCCC(CC(=O)O)[C@@H]1c2ccccc2C[C@H]1NC(=O)c1cc2cc(Cl)ccc2[nH]1. The third kappa shape index (κ3) is 4.60. The second-order valence-corrected chi connectivity index (χ2v) is 8.50. The first kappa shape index (κ1) is 21.4. The fourth-order valence-electron chi connectivity index (χ4n) is 4.72. The average Bonchev–Trinajstić information content (AvgIpc) is 3.31. The molecular weight excluding hydrogens is 416 g/mol. The second-order valence-electron chi connectivity index (χ2n) is 8.06. The van der Waals surface area contributed by atoms with E-state index in [1.54, 1.807) is 19.2 Å². The zero-order chi connectivity index (χ0) is 22.0. The first-order valence-electron chi connectivity index (χ1n) is 10.3. The van der Waals surface area contributed by atoms with Crippen molar-refractivity contribution in [1.29, 1.82) is 0 Å². The van der Waals surface area contributed by atoms with E-state index < -0.39 is 5.97 Å². The Labute approximate surface area is 185 Å². The number of amides is 1. The number of halogens is 1. The van der Waals surface area contributed by atoms with Gasteiger partial charge in [0.15, 0.2) is 0 Å². The minimum Gasteiger partial charge on any atom is -0.481 e. The number of carbonyl (C=O) groups excluding carboxylic acids is 1. The molecule has 0 bridgehead atoms. The molecule has 6 nitrogen and oxygen atoms in total. The van der Waals surface area contributed by atoms with Gasteiger partial charge in [-0.05, 0) is 54.2 Å². The topological polar surface area (TPSA) is 91.4 Å². The number of methoxy groups -OCH3 is 1. The molecule has 0 radical (unpaired) electrons. The largest absolute Gasteiger partial charge is 0.481 e. The number of benzene rings is 2. The van der Waals surface area contributed by atoms with Gasteiger partial charge in [-0.15, -0.1) is 0 Å². The van der Waals surface area contributed by atoms with Crippen LogP contribution in [0.1, 0.15) is 40.4 Å². The molecule has 1 aliphatic carbocycles. The van der Waals surface area contributed by atoms with Crippen molar-refractivity contribution in [2.45, 2.75) is 31.2 Å². The van der Waals surface area contributed by atoms with Gasteiger partial charge in [-0.3, -0.25) is 9.59 Å². The highest BCUT2D eigenvalue weighted by Gasteiger charge is 2.39. The van der Waals surface area contributed by atoms with Crippen molar-refractivity contribution < 1.29 is 19.4 Å². The second kappa shape index (κ2) is 9.12. The number of fused-ring (bicyclic) bond motifs is 2. The molecule has 0 saturated heterocycles. The number of aliphatic carboxylic acids is 1. The molecular formula is C24H25ClN2O4. The van der Waals surface area contributed by atoms with Crippen LogP contribution in [0.5, 0.6) is 0 Å². The van der Waals surface area contributed by atoms with E-state index in [-0.39, 0.29) is 30.2 Å². The van der Waals surface area contributed by atoms with Crippen LogP contribution in [0.2, 0.25) is 5.02 Å². The van der Waals surface area contributed by atoms with Crippen LogP contribution in [0.3, 0.4) is 0 Å². The zero-order valence-electron chi connectivity index (χ0n) is 17.2. The number of carboxylic acids is 1. The molecule has 1 aliphatic rings. The van der Waals surface area contributed by atoms with Crippen LogP contribution in [0.25, 0.3) is 10.9 Å². The highest BCUT2D eigenvalue weighted by atomic mass is 35.5. The summed E-state index contributed by atoms with van der Waals surface area (Å²) in [6, 6.07) is 15.1. The molecule has 0 spiro atoms. The Bertz CT molecular complexity index is 1110. The molecule has 2 aromatic carbocycles. The third-order valence-corrected chi connectivity index (χ3v) is 6.30. The summed E-state index contributed by atoms with van der Waals surface area (Å²) in [6.45, 7) is 0.472. The first-order chi connectivity index (χ1) is 15.0. The standard InChI is InChI=1S/C24H25ClN2O4/c1-31-9-8-15(13-22(28)29)23-18-5-3-2-4-14(18)11-20(23)27-24(30)21-12-16-10-17(25)6-7-19(16)26-21/h2-7,10,12,15,20,23,26H,8-9,11,13H2,1H3,(H,27,30)(H,28,29)/t15?,20-,23-/m1/s1. The van der Waals surface area contributed by atoms with Gasteiger partial charge in [0.25, 0.3) is 5.91 Å². The lowest BCUT2D eigenvalue weighted by Crippen LogP contribution is -2.41. The number of hydrogen-bond donors (Lipinski definition) is 3. The lowest BCUT2D eigenvalue weighted by atomic mass is 9.80. The number of nitrogens with one attached hydrogen (secondary N) is 2. The van der Waals surface area contributed by atoms with Gasteiger partial charge in [-0.1, -0.05) is 35.9 Å². The zero-order valence-corrected chi connectivity index (χ0v) is 18.0. The molecule has 0 fully saturated rings. The molecule has 7 heteroatoms. The number of rotatable bonds is 8. The van der Waals surface area contributed by atoms with Gasteiger partial charge in [-0.25, -0.2) is 0 Å². The number of ether oxygens (including phenoxy) is 1. The third-order valence-electron chi connectivity index (χ3n) is 6.07. The van der Waals surface area contributed by atoms with Crippen LogP contribution >= 0.6 is 11.6 Å². The normalized spacial score (nSPS) is 18.6. The maximum Gasteiger partial charge on any atom is 0.303 e. The summed E-state index contributed by atoms with van der Waals surface area (Å²) < 4.78 is 5.23. The molecule has 1 unspecified atom stereocenters. The van der Waals surface area contributed by atoms with E-state index in [0.717, 1.165) is 22.0 Å².